The van der Waals surface area contributed by atoms with E-state index in [-0.39, 0.29) is 5.82 Å². The van der Waals surface area contributed by atoms with Crippen molar-refractivity contribution in [3.05, 3.63) is 253 Å². The molecule has 70 heavy (non-hydrogen) atoms. The highest BCUT2D eigenvalue weighted by atomic mass is 28.3. The van der Waals surface area contributed by atoms with Gasteiger partial charge < -0.3 is 4.90 Å². The molecule has 0 spiro atoms. The van der Waals surface area contributed by atoms with Crippen molar-refractivity contribution in [1.29, 1.82) is 5.26 Å². The zero-order chi connectivity index (χ0) is 47.8. The molecule has 0 saturated carbocycles. The van der Waals surface area contributed by atoms with Gasteiger partial charge in [-0.2, -0.15) is 5.26 Å². The maximum absolute atomic E-state index is 17.0. The summed E-state index contributed by atoms with van der Waals surface area (Å²) in [6, 6.07) is 81.6. The van der Waals surface area contributed by atoms with Crippen molar-refractivity contribution in [2.75, 3.05) is 4.90 Å². The topological polar surface area (TPSA) is 27.0 Å². The van der Waals surface area contributed by atoms with Crippen molar-refractivity contribution in [3.63, 3.8) is 0 Å². The molecule has 11 aromatic rings. The Morgan fingerprint density at radius 2 is 0.886 bits per heavy atom. The molecule has 0 unspecified atom stereocenters. The standard InChI is InChI=1S/C66H49FN2Si/c1-70(2,3)63-41-40-60(54-20-10-11-21-55(54)63)65-58-24-14-12-22-56(58)64(57-23-13-15-25-59(57)65)50-34-28-45(29-35-50)26-27-46-30-36-52(37-31-46)69(53-38-32-47(44-68)33-39-53)66-61(49-18-8-5-9-19-49)42-51(43-62(66)67)48-16-6-4-7-17-48/h4-43H,1-3H3/b27-26+. The second kappa shape index (κ2) is 18.5. The van der Waals surface area contributed by atoms with E-state index in [1.807, 2.05) is 89.8 Å². The Morgan fingerprint density at radius 3 is 1.43 bits per heavy atom. The summed E-state index contributed by atoms with van der Waals surface area (Å²) in [5.41, 5.74) is 12.9. The van der Waals surface area contributed by atoms with Gasteiger partial charge in [0.1, 0.15) is 5.82 Å². The minimum Gasteiger partial charge on any atom is -0.307 e. The Kier molecular flexibility index (Phi) is 11.6. The number of nitrogens with zero attached hydrogens (tertiary/aromatic N) is 2. The molecule has 0 heterocycles. The van der Waals surface area contributed by atoms with Crippen molar-refractivity contribution >= 4 is 74.8 Å². The SMILES string of the molecule is C[Si](C)(C)c1ccc(-c2c3ccccc3c(-c3ccc(/C=C/c4ccc(N(c5ccc(C#N)cc5)c5c(F)cc(-c6ccccc6)cc5-c5ccccc5)cc4)cc3)c3ccccc23)c2ccccc12. The third kappa shape index (κ3) is 8.27. The number of halogens is 1. The highest BCUT2D eigenvalue weighted by Crippen LogP contribution is 2.47. The van der Waals surface area contributed by atoms with Crippen molar-refractivity contribution < 1.29 is 4.39 Å². The van der Waals surface area contributed by atoms with Crippen molar-refractivity contribution in [1.82, 2.24) is 0 Å². The summed E-state index contributed by atoms with van der Waals surface area (Å²) < 4.78 is 17.0. The summed E-state index contributed by atoms with van der Waals surface area (Å²) in [5, 5.41) is 18.8. The number of anilines is 3. The van der Waals surface area contributed by atoms with E-state index in [1.54, 1.807) is 18.2 Å². The maximum Gasteiger partial charge on any atom is 0.148 e. The van der Waals surface area contributed by atoms with Crippen molar-refractivity contribution in [2.45, 2.75) is 19.6 Å². The van der Waals surface area contributed by atoms with Gasteiger partial charge in [-0.15, -0.1) is 0 Å². The summed E-state index contributed by atoms with van der Waals surface area (Å²) >= 11 is 0. The first-order chi connectivity index (χ1) is 34.2. The third-order valence-corrected chi connectivity index (χ3v) is 15.5. The van der Waals surface area contributed by atoms with Crippen LogP contribution in [-0.2, 0) is 0 Å². The van der Waals surface area contributed by atoms with Crippen LogP contribution in [0.3, 0.4) is 0 Å². The van der Waals surface area contributed by atoms with Gasteiger partial charge in [0.2, 0.25) is 0 Å². The largest absolute Gasteiger partial charge is 0.307 e. The molecule has 0 aliphatic carbocycles. The van der Waals surface area contributed by atoms with Gasteiger partial charge in [0.25, 0.3) is 0 Å². The van der Waals surface area contributed by atoms with E-state index in [4.69, 9.17) is 0 Å². The molecule has 0 aliphatic heterocycles. The molecule has 0 aromatic heterocycles. The number of hydrogen-bond donors (Lipinski definition) is 0. The van der Waals surface area contributed by atoms with Crippen LogP contribution in [0.1, 0.15) is 16.7 Å². The number of fused-ring (bicyclic) bond motifs is 3. The number of hydrogen-bond acceptors (Lipinski definition) is 2. The summed E-state index contributed by atoms with van der Waals surface area (Å²) in [6.45, 7) is 7.29. The van der Waals surface area contributed by atoms with E-state index in [0.717, 1.165) is 44.8 Å². The predicted molar refractivity (Wildman–Crippen MR) is 298 cm³/mol. The Morgan fingerprint density at radius 1 is 0.414 bits per heavy atom. The summed E-state index contributed by atoms with van der Waals surface area (Å²) in [5.74, 6) is -0.352. The van der Waals surface area contributed by atoms with Crippen LogP contribution in [0.2, 0.25) is 19.6 Å². The fraction of sp³-hybridized carbons (Fsp3) is 0.0455. The molecule has 0 aliphatic rings. The van der Waals surface area contributed by atoms with Crippen LogP contribution in [0.15, 0.2) is 231 Å². The fourth-order valence-corrected chi connectivity index (χ4v) is 11.8. The number of benzene rings is 11. The third-order valence-electron chi connectivity index (χ3n) is 13.5. The molecule has 0 bridgehead atoms. The quantitative estimate of drug-likeness (QED) is 0.0776. The van der Waals surface area contributed by atoms with Gasteiger partial charge in [-0.05, 0) is 131 Å². The average molecular weight is 917 g/mol. The lowest BCUT2D eigenvalue weighted by Gasteiger charge is -2.29. The highest BCUT2D eigenvalue weighted by molar-refractivity contribution is 6.90. The molecule has 0 amide bonds. The lowest BCUT2D eigenvalue weighted by Crippen LogP contribution is -2.38. The molecule has 0 radical (unpaired) electrons. The van der Waals surface area contributed by atoms with E-state index in [0.29, 0.717) is 11.3 Å². The van der Waals surface area contributed by atoms with Gasteiger partial charge in [-0.3, -0.25) is 0 Å². The van der Waals surface area contributed by atoms with E-state index in [1.165, 1.54) is 59.8 Å². The first kappa shape index (κ1) is 43.9. The molecule has 0 N–H and O–H groups in total. The smallest absolute Gasteiger partial charge is 0.148 e. The van der Waals surface area contributed by atoms with Crippen molar-refractivity contribution in [2.24, 2.45) is 0 Å². The zero-order valence-electron chi connectivity index (χ0n) is 39.4. The zero-order valence-corrected chi connectivity index (χ0v) is 40.4. The Labute approximate surface area is 410 Å². The van der Waals surface area contributed by atoms with Crippen LogP contribution >= 0.6 is 0 Å². The van der Waals surface area contributed by atoms with Gasteiger partial charge in [-0.1, -0.05) is 219 Å². The van der Waals surface area contributed by atoms with Gasteiger partial charge in [0.15, 0.2) is 0 Å². The fourth-order valence-electron chi connectivity index (χ4n) is 10.1. The molecular weight excluding hydrogens is 868 g/mol. The molecule has 0 fully saturated rings. The van der Waals surface area contributed by atoms with Gasteiger partial charge >= 0.3 is 0 Å². The lowest BCUT2D eigenvalue weighted by molar-refractivity contribution is 0.630. The normalized spacial score (nSPS) is 11.6. The molecule has 11 aromatic carbocycles. The van der Waals surface area contributed by atoms with E-state index < -0.39 is 8.07 Å². The molecule has 0 saturated heterocycles. The molecule has 0 atom stereocenters. The summed E-state index contributed by atoms with van der Waals surface area (Å²) in [4.78, 5) is 1.95. The Bertz CT molecular complexity index is 3730. The second-order valence-corrected chi connectivity index (χ2v) is 24.0. The maximum atomic E-state index is 17.0. The van der Waals surface area contributed by atoms with Crippen molar-refractivity contribution in [3.8, 4) is 50.6 Å². The number of rotatable bonds is 10. The van der Waals surface area contributed by atoms with Crippen LogP contribution in [-0.4, -0.2) is 8.07 Å². The second-order valence-electron chi connectivity index (χ2n) is 18.9. The monoisotopic (exact) mass is 916 g/mol. The van der Waals surface area contributed by atoms with E-state index in [2.05, 4.69) is 165 Å². The predicted octanol–water partition coefficient (Wildman–Crippen LogP) is 18.0. The molecule has 4 heteroatoms. The highest BCUT2D eigenvalue weighted by Gasteiger charge is 2.25. The van der Waals surface area contributed by atoms with E-state index >= 15 is 4.39 Å². The van der Waals surface area contributed by atoms with E-state index in [9.17, 15) is 5.26 Å². The van der Waals surface area contributed by atoms with Crippen LogP contribution in [0.4, 0.5) is 21.5 Å². The van der Waals surface area contributed by atoms with Gasteiger partial charge in [0, 0.05) is 16.9 Å². The Balaban J connectivity index is 0.944. The summed E-state index contributed by atoms with van der Waals surface area (Å²) in [7, 11) is -1.59. The lowest BCUT2D eigenvalue weighted by atomic mass is 9.84. The minimum absolute atomic E-state index is 0.352. The van der Waals surface area contributed by atoms with Crippen LogP contribution in [0.5, 0.6) is 0 Å². The Hall–Kier alpha value is -8.62. The molecule has 334 valence electrons. The first-order valence-electron chi connectivity index (χ1n) is 23.8. The molecule has 2 nitrogen and oxygen atoms in total. The minimum atomic E-state index is -1.59. The molecular formula is C66H49FN2Si. The van der Waals surface area contributed by atoms with Crippen LogP contribution in [0, 0.1) is 17.1 Å². The van der Waals surface area contributed by atoms with Gasteiger partial charge in [0.05, 0.1) is 25.4 Å². The van der Waals surface area contributed by atoms with Crippen LogP contribution < -0.4 is 10.1 Å². The average Bonchev–Trinajstić information content (AvgIpc) is 3.40. The summed E-state index contributed by atoms with van der Waals surface area (Å²) in [6.07, 6.45) is 4.26. The molecule has 11 rings (SSSR count). The van der Waals surface area contributed by atoms with Gasteiger partial charge in [-0.25, -0.2) is 4.39 Å². The van der Waals surface area contributed by atoms with Crippen LogP contribution in [0.25, 0.3) is 89.0 Å². The first-order valence-corrected chi connectivity index (χ1v) is 27.3. The number of nitriles is 1.